The number of aromatic nitrogens is 2. The Morgan fingerprint density at radius 3 is 2.57 bits per heavy atom. The van der Waals surface area contributed by atoms with Crippen LogP contribution in [0, 0.1) is 18.3 Å². The van der Waals surface area contributed by atoms with Crippen LogP contribution in [0.5, 0.6) is 0 Å². The van der Waals surface area contributed by atoms with Crippen LogP contribution in [0.25, 0.3) is 0 Å². The highest BCUT2D eigenvalue weighted by atomic mass is 32.1. The summed E-state index contributed by atoms with van der Waals surface area (Å²) in [7, 11) is 0. The van der Waals surface area contributed by atoms with Gasteiger partial charge < -0.3 is 5.32 Å². The maximum atomic E-state index is 4.06. The predicted octanol–water partition coefficient (Wildman–Crippen LogP) is 2.69. The van der Waals surface area contributed by atoms with Gasteiger partial charge in [0.1, 0.15) is 5.01 Å². The molecule has 78 valence electrons. The van der Waals surface area contributed by atoms with Crippen LogP contribution >= 0.6 is 11.3 Å². The average molecular weight is 211 g/mol. The highest BCUT2D eigenvalue weighted by Gasteiger charge is 2.45. The molecule has 1 aliphatic rings. The van der Waals surface area contributed by atoms with E-state index in [4.69, 9.17) is 0 Å². The molecule has 1 aromatic heterocycles. The van der Waals surface area contributed by atoms with Gasteiger partial charge in [0.15, 0.2) is 0 Å². The number of hydrogen-bond acceptors (Lipinski definition) is 4. The Hall–Kier alpha value is -0.640. The van der Waals surface area contributed by atoms with Crippen molar-refractivity contribution in [3.63, 3.8) is 0 Å². The Balaban J connectivity index is 1.89. The fourth-order valence-corrected chi connectivity index (χ4v) is 2.33. The minimum absolute atomic E-state index is 0.541. The fraction of sp³-hybridized carbons (Fsp3) is 0.800. The molecule has 0 radical (unpaired) electrons. The van der Waals surface area contributed by atoms with Gasteiger partial charge in [-0.15, -0.1) is 10.2 Å². The van der Waals surface area contributed by atoms with E-state index in [0.29, 0.717) is 5.41 Å². The molecular weight excluding hydrogens is 194 g/mol. The van der Waals surface area contributed by atoms with Gasteiger partial charge in [0, 0.05) is 6.54 Å². The van der Waals surface area contributed by atoms with E-state index in [1.165, 1.54) is 12.8 Å². The number of nitrogens with zero attached hydrogens (tertiary/aromatic N) is 2. The van der Waals surface area contributed by atoms with Crippen molar-refractivity contribution in [2.75, 3.05) is 11.9 Å². The minimum atomic E-state index is 0.541. The molecule has 1 saturated carbocycles. The lowest BCUT2D eigenvalue weighted by Gasteiger charge is -2.19. The SMILES string of the molecule is Cc1nnc(NCC2(C(C)C)CC2)s1. The Bertz CT molecular complexity index is 315. The summed E-state index contributed by atoms with van der Waals surface area (Å²) in [6.07, 6.45) is 2.71. The third-order valence-electron chi connectivity index (χ3n) is 3.23. The van der Waals surface area contributed by atoms with E-state index in [0.717, 1.165) is 22.6 Å². The molecule has 1 aromatic rings. The first-order valence-electron chi connectivity index (χ1n) is 5.16. The van der Waals surface area contributed by atoms with Gasteiger partial charge in [-0.2, -0.15) is 0 Å². The molecule has 3 nitrogen and oxygen atoms in total. The topological polar surface area (TPSA) is 37.8 Å². The van der Waals surface area contributed by atoms with Crippen LogP contribution in [0.15, 0.2) is 0 Å². The summed E-state index contributed by atoms with van der Waals surface area (Å²) < 4.78 is 0. The largest absolute Gasteiger partial charge is 0.360 e. The van der Waals surface area contributed by atoms with Crippen LogP contribution in [0.2, 0.25) is 0 Å². The van der Waals surface area contributed by atoms with Gasteiger partial charge in [-0.3, -0.25) is 0 Å². The molecule has 2 rings (SSSR count). The molecule has 0 atom stereocenters. The average Bonchev–Trinajstić information content (AvgIpc) is 2.82. The smallest absolute Gasteiger partial charge is 0.205 e. The molecule has 0 bridgehead atoms. The van der Waals surface area contributed by atoms with Crippen molar-refractivity contribution in [2.45, 2.75) is 33.6 Å². The van der Waals surface area contributed by atoms with Gasteiger partial charge in [0.25, 0.3) is 0 Å². The van der Waals surface area contributed by atoms with E-state index in [1.807, 2.05) is 6.92 Å². The first-order valence-corrected chi connectivity index (χ1v) is 5.98. The number of rotatable bonds is 4. The van der Waals surface area contributed by atoms with Crippen molar-refractivity contribution in [1.29, 1.82) is 0 Å². The molecule has 14 heavy (non-hydrogen) atoms. The van der Waals surface area contributed by atoms with Crippen LogP contribution in [-0.4, -0.2) is 16.7 Å². The maximum absolute atomic E-state index is 4.06. The molecular formula is C10H17N3S. The third kappa shape index (κ3) is 1.90. The summed E-state index contributed by atoms with van der Waals surface area (Å²) in [6.45, 7) is 7.65. The van der Waals surface area contributed by atoms with Crippen LogP contribution in [0.3, 0.4) is 0 Å². The van der Waals surface area contributed by atoms with Crippen LogP contribution in [-0.2, 0) is 0 Å². The molecule has 0 aromatic carbocycles. The van der Waals surface area contributed by atoms with Gasteiger partial charge >= 0.3 is 0 Å². The Kier molecular flexibility index (Phi) is 2.47. The number of nitrogens with one attached hydrogen (secondary N) is 1. The number of hydrogen-bond donors (Lipinski definition) is 1. The number of anilines is 1. The number of aryl methyl sites for hydroxylation is 1. The molecule has 0 saturated heterocycles. The molecule has 0 unspecified atom stereocenters. The minimum Gasteiger partial charge on any atom is -0.360 e. The predicted molar refractivity (Wildman–Crippen MR) is 59.6 cm³/mol. The summed E-state index contributed by atoms with van der Waals surface area (Å²) in [6, 6.07) is 0. The summed E-state index contributed by atoms with van der Waals surface area (Å²) >= 11 is 1.63. The second-order valence-corrected chi connectivity index (χ2v) is 5.68. The van der Waals surface area contributed by atoms with Crippen molar-refractivity contribution in [3.8, 4) is 0 Å². The summed E-state index contributed by atoms with van der Waals surface area (Å²) in [5.74, 6) is 0.768. The van der Waals surface area contributed by atoms with Gasteiger partial charge in [-0.25, -0.2) is 0 Å². The van der Waals surface area contributed by atoms with Gasteiger partial charge in [-0.05, 0) is 31.1 Å². The Morgan fingerprint density at radius 1 is 1.43 bits per heavy atom. The van der Waals surface area contributed by atoms with Crippen LogP contribution < -0.4 is 5.32 Å². The molecule has 1 aliphatic carbocycles. The zero-order valence-electron chi connectivity index (χ0n) is 9.00. The molecule has 0 spiro atoms. The fourth-order valence-electron chi connectivity index (χ4n) is 1.74. The molecule has 1 fully saturated rings. The molecule has 1 heterocycles. The van der Waals surface area contributed by atoms with Crippen LogP contribution in [0.4, 0.5) is 5.13 Å². The Labute approximate surface area is 88.9 Å². The molecule has 0 aliphatic heterocycles. The lowest BCUT2D eigenvalue weighted by Crippen LogP contribution is -2.20. The summed E-state index contributed by atoms with van der Waals surface area (Å²) in [4.78, 5) is 0. The van der Waals surface area contributed by atoms with Crippen molar-refractivity contribution in [1.82, 2.24) is 10.2 Å². The summed E-state index contributed by atoms with van der Waals surface area (Å²) in [5, 5.41) is 13.4. The lowest BCUT2D eigenvalue weighted by molar-refractivity contribution is 0.380. The lowest BCUT2D eigenvalue weighted by atomic mass is 9.92. The normalized spacial score (nSPS) is 18.6. The Morgan fingerprint density at radius 2 is 2.14 bits per heavy atom. The highest BCUT2D eigenvalue weighted by Crippen LogP contribution is 2.51. The van der Waals surface area contributed by atoms with E-state index in [9.17, 15) is 0 Å². The zero-order valence-corrected chi connectivity index (χ0v) is 9.82. The van der Waals surface area contributed by atoms with Gasteiger partial charge in [0.2, 0.25) is 5.13 Å². The van der Waals surface area contributed by atoms with Crippen molar-refractivity contribution >= 4 is 16.5 Å². The standard InChI is InChI=1S/C10H17N3S/c1-7(2)10(4-5-10)6-11-9-13-12-8(3)14-9/h7H,4-6H2,1-3H3,(H,11,13). The first-order chi connectivity index (χ1) is 6.62. The van der Waals surface area contributed by atoms with E-state index >= 15 is 0 Å². The quantitative estimate of drug-likeness (QED) is 0.832. The van der Waals surface area contributed by atoms with Crippen molar-refractivity contribution < 1.29 is 0 Å². The van der Waals surface area contributed by atoms with Crippen molar-refractivity contribution in [2.24, 2.45) is 11.3 Å². The second kappa shape index (κ2) is 3.50. The summed E-state index contributed by atoms with van der Waals surface area (Å²) in [5.41, 5.74) is 0.541. The third-order valence-corrected chi connectivity index (χ3v) is 4.03. The molecule has 1 N–H and O–H groups in total. The highest BCUT2D eigenvalue weighted by molar-refractivity contribution is 7.15. The zero-order chi connectivity index (χ0) is 10.2. The van der Waals surface area contributed by atoms with Gasteiger partial charge in [-0.1, -0.05) is 25.2 Å². The van der Waals surface area contributed by atoms with E-state index in [1.54, 1.807) is 11.3 Å². The van der Waals surface area contributed by atoms with E-state index in [-0.39, 0.29) is 0 Å². The van der Waals surface area contributed by atoms with E-state index in [2.05, 4.69) is 29.4 Å². The molecule has 0 amide bonds. The van der Waals surface area contributed by atoms with Crippen LogP contribution in [0.1, 0.15) is 31.7 Å². The molecule has 4 heteroatoms. The first kappa shape index (κ1) is 9.90. The maximum Gasteiger partial charge on any atom is 0.205 e. The van der Waals surface area contributed by atoms with Gasteiger partial charge in [0.05, 0.1) is 0 Å². The monoisotopic (exact) mass is 211 g/mol. The van der Waals surface area contributed by atoms with E-state index < -0.39 is 0 Å². The van der Waals surface area contributed by atoms with Crippen molar-refractivity contribution in [3.05, 3.63) is 5.01 Å². The second-order valence-electron chi connectivity index (χ2n) is 4.50.